The van der Waals surface area contributed by atoms with Gasteiger partial charge in [-0.3, -0.25) is 4.79 Å². The van der Waals surface area contributed by atoms with E-state index in [1.54, 1.807) is 19.2 Å². The molecule has 0 saturated carbocycles. The van der Waals surface area contributed by atoms with Crippen LogP contribution in [0.5, 0.6) is 5.75 Å². The van der Waals surface area contributed by atoms with Gasteiger partial charge in [0, 0.05) is 29.9 Å². The molecule has 1 heterocycles. The lowest BCUT2D eigenvalue weighted by Crippen LogP contribution is -2.14. The van der Waals surface area contributed by atoms with Crippen molar-refractivity contribution in [3.8, 4) is 11.8 Å². The van der Waals surface area contributed by atoms with E-state index in [9.17, 15) is 9.59 Å². The molecule has 0 unspecified atom stereocenters. The van der Waals surface area contributed by atoms with Gasteiger partial charge in [-0.25, -0.2) is 4.79 Å². The van der Waals surface area contributed by atoms with Gasteiger partial charge in [-0.1, -0.05) is 0 Å². The smallest absolute Gasteiger partial charge is 0.339 e. The van der Waals surface area contributed by atoms with E-state index in [0.717, 1.165) is 10.9 Å². The van der Waals surface area contributed by atoms with Crippen molar-refractivity contribution in [2.75, 3.05) is 13.7 Å². The minimum absolute atomic E-state index is 0.0970. The predicted octanol–water partition coefficient (Wildman–Crippen LogP) is 2.89. The second kappa shape index (κ2) is 8.16. The number of methoxy groups -OCH3 is 1. The first-order valence-electron chi connectivity index (χ1n) is 7.69. The molecule has 0 radical (unpaired) electrons. The van der Waals surface area contributed by atoms with Crippen LogP contribution < -0.4 is 10.4 Å². The Labute approximate surface area is 139 Å². The molecule has 126 valence electrons. The molecule has 6 nitrogen and oxygen atoms in total. The monoisotopic (exact) mass is 329 g/mol. The van der Waals surface area contributed by atoms with E-state index in [1.807, 2.05) is 19.1 Å². The lowest BCUT2D eigenvalue weighted by atomic mass is 10.0. The second-order valence-corrected chi connectivity index (χ2v) is 5.34. The summed E-state index contributed by atoms with van der Waals surface area (Å²) in [6, 6.07) is 7.27. The number of hydrogen-bond donors (Lipinski definition) is 0. The SMILES string of the molecule is COc1ccc2c(C)c(CCC(=O)OCCCC#N)c(=O)oc2c1. The van der Waals surface area contributed by atoms with E-state index in [2.05, 4.69) is 0 Å². The Balaban J connectivity index is 2.11. The molecule has 0 saturated heterocycles. The molecule has 2 aromatic rings. The van der Waals surface area contributed by atoms with Gasteiger partial charge in [-0.15, -0.1) is 0 Å². The maximum Gasteiger partial charge on any atom is 0.339 e. The largest absolute Gasteiger partial charge is 0.497 e. The number of carbonyl (C=O) groups is 1. The van der Waals surface area contributed by atoms with Crippen LogP contribution >= 0.6 is 0 Å². The molecule has 2 rings (SSSR count). The molecule has 1 aromatic heterocycles. The number of benzene rings is 1. The number of aryl methyl sites for hydroxylation is 1. The molecule has 0 spiro atoms. The van der Waals surface area contributed by atoms with Crippen LogP contribution in [0.4, 0.5) is 0 Å². The number of unbranched alkanes of at least 4 members (excludes halogenated alkanes) is 1. The van der Waals surface area contributed by atoms with Crippen LogP contribution in [0, 0.1) is 18.3 Å². The van der Waals surface area contributed by atoms with Crippen molar-refractivity contribution >= 4 is 16.9 Å². The highest BCUT2D eigenvalue weighted by atomic mass is 16.5. The summed E-state index contributed by atoms with van der Waals surface area (Å²) in [5, 5.41) is 9.23. The molecule has 0 amide bonds. The number of rotatable bonds is 7. The zero-order chi connectivity index (χ0) is 17.5. The van der Waals surface area contributed by atoms with E-state index in [1.165, 1.54) is 0 Å². The second-order valence-electron chi connectivity index (χ2n) is 5.34. The molecular weight excluding hydrogens is 310 g/mol. The van der Waals surface area contributed by atoms with Gasteiger partial charge in [-0.2, -0.15) is 5.26 Å². The van der Waals surface area contributed by atoms with E-state index >= 15 is 0 Å². The Morgan fingerprint density at radius 3 is 2.88 bits per heavy atom. The van der Waals surface area contributed by atoms with Gasteiger partial charge in [0.1, 0.15) is 11.3 Å². The van der Waals surface area contributed by atoms with Crippen LogP contribution in [-0.2, 0) is 16.0 Å². The lowest BCUT2D eigenvalue weighted by molar-refractivity contribution is -0.143. The van der Waals surface area contributed by atoms with Gasteiger partial charge in [0.05, 0.1) is 19.8 Å². The summed E-state index contributed by atoms with van der Waals surface area (Å²) in [6.07, 6.45) is 1.22. The summed E-state index contributed by atoms with van der Waals surface area (Å²) in [6.45, 7) is 2.05. The Bertz CT molecular complexity index is 832. The average Bonchev–Trinajstić information content (AvgIpc) is 2.58. The number of carbonyl (C=O) groups excluding carboxylic acids is 1. The molecule has 0 aliphatic carbocycles. The summed E-state index contributed by atoms with van der Waals surface area (Å²) >= 11 is 0. The minimum Gasteiger partial charge on any atom is -0.497 e. The van der Waals surface area contributed by atoms with Gasteiger partial charge in [0.15, 0.2) is 0 Å². The maximum absolute atomic E-state index is 12.2. The maximum atomic E-state index is 12.2. The lowest BCUT2D eigenvalue weighted by Gasteiger charge is -2.09. The van der Waals surface area contributed by atoms with Crippen molar-refractivity contribution in [1.29, 1.82) is 5.26 Å². The molecule has 24 heavy (non-hydrogen) atoms. The van der Waals surface area contributed by atoms with Crippen molar-refractivity contribution in [3.05, 3.63) is 39.7 Å². The van der Waals surface area contributed by atoms with Crippen molar-refractivity contribution in [1.82, 2.24) is 0 Å². The molecule has 0 aliphatic heterocycles. The quantitative estimate of drug-likeness (QED) is 0.441. The number of nitrogens with zero attached hydrogens (tertiary/aromatic N) is 1. The van der Waals surface area contributed by atoms with Gasteiger partial charge in [-0.05, 0) is 37.5 Å². The number of hydrogen-bond acceptors (Lipinski definition) is 6. The average molecular weight is 329 g/mol. The highest BCUT2D eigenvalue weighted by Gasteiger charge is 2.14. The third-order valence-corrected chi connectivity index (χ3v) is 3.77. The molecule has 0 aliphatic rings. The Hall–Kier alpha value is -2.81. The van der Waals surface area contributed by atoms with Crippen molar-refractivity contribution < 1.29 is 18.7 Å². The van der Waals surface area contributed by atoms with Crippen LogP contribution in [0.3, 0.4) is 0 Å². The van der Waals surface area contributed by atoms with Gasteiger partial charge in [0.25, 0.3) is 0 Å². The Morgan fingerprint density at radius 2 is 2.17 bits per heavy atom. The third-order valence-electron chi connectivity index (χ3n) is 3.77. The summed E-state index contributed by atoms with van der Waals surface area (Å²) in [5.74, 6) is 0.223. The van der Waals surface area contributed by atoms with E-state index in [4.69, 9.17) is 19.2 Å². The summed E-state index contributed by atoms with van der Waals surface area (Å²) < 4.78 is 15.5. The van der Waals surface area contributed by atoms with E-state index < -0.39 is 5.63 Å². The third kappa shape index (κ3) is 4.13. The normalized spacial score (nSPS) is 10.4. The van der Waals surface area contributed by atoms with Gasteiger partial charge in [0.2, 0.25) is 0 Å². The predicted molar refractivity (Wildman–Crippen MR) is 87.9 cm³/mol. The highest BCUT2D eigenvalue weighted by Crippen LogP contribution is 2.24. The molecule has 0 atom stereocenters. The van der Waals surface area contributed by atoms with Crippen molar-refractivity contribution in [2.24, 2.45) is 0 Å². The summed E-state index contributed by atoms with van der Waals surface area (Å²) in [7, 11) is 1.54. The summed E-state index contributed by atoms with van der Waals surface area (Å²) in [4.78, 5) is 23.9. The molecule has 0 fully saturated rings. The molecule has 0 N–H and O–H groups in total. The van der Waals surface area contributed by atoms with Crippen LogP contribution in [0.15, 0.2) is 27.4 Å². The Kier molecular flexibility index (Phi) is 5.96. The zero-order valence-corrected chi connectivity index (χ0v) is 13.8. The van der Waals surface area contributed by atoms with Crippen LogP contribution in [-0.4, -0.2) is 19.7 Å². The van der Waals surface area contributed by atoms with Crippen LogP contribution in [0.2, 0.25) is 0 Å². The molecule has 6 heteroatoms. The number of fused-ring (bicyclic) bond motifs is 1. The first kappa shape index (κ1) is 17.5. The number of ether oxygens (including phenoxy) is 2. The zero-order valence-electron chi connectivity index (χ0n) is 13.8. The fraction of sp³-hybridized carbons (Fsp3) is 0.389. The Morgan fingerprint density at radius 1 is 1.38 bits per heavy atom. The summed E-state index contributed by atoms with van der Waals surface area (Å²) in [5.41, 5.74) is 1.27. The fourth-order valence-electron chi connectivity index (χ4n) is 2.43. The van der Waals surface area contributed by atoms with Crippen molar-refractivity contribution in [2.45, 2.75) is 32.6 Å². The number of esters is 1. The fourth-order valence-corrected chi connectivity index (χ4v) is 2.43. The van der Waals surface area contributed by atoms with Gasteiger partial charge >= 0.3 is 11.6 Å². The van der Waals surface area contributed by atoms with Gasteiger partial charge < -0.3 is 13.9 Å². The minimum atomic E-state index is -0.453. The standard InChI is InChI=1S/C18H19NO5/c1-12-14-6-5-13(22-2)11-16(14)24-18(21)15(12)7-8-17(20)23-10-4-3-9-19/h5-6,11H,3-4,7-8,10H2,1-2H3. The first-order valence-corrected chi connectivity index (χ1v) is 7.69. The van der Waals surface area contributed by atoms with E-state index in [0.29, 0.717) is 29.7 Å². The topological polar surface area (TPSA) is 89.5 Å². The molecule has 1 aromatic carbocycles. The highest BCUT2D eigenvalue weighted by molar-refractivity contribution is 5.82. The van der Waals surface area contributed by atoms with Crippen molar-refractivity contribution in [3.63, 3.8) is 0 Å². The molecular formula is C18H19NO5. The molecule has 0 bridgehead atoms. The van der Waals surface area contributed by atoms with E-state index in [-0.39, 0.29) is 25.4 Å². The number of nitriles is 1. The van der Waals surface area contributed by atoms with Crippen LogP contribution in [0.1, 0.15) is 30.4 Å². The van der Waals surface area contributed by atoms with Crippen LogP contribution in [0.25, 0.3) is 11.0 Å². The first-order chi connectivity index (χ1) is 11.6.